The van der Waals surface area contributed by atoms with Crippen molar-refractivity contribution in [3.05, 3.63) is 23.8 Å². The van der Waals surface area contributed by atoms with Crippen molar-refractivity contribution in [2.75, 3.05) is 33.5 Å². The highest BCUT2D eigenvalue weighted by Crippen LogP contribution is 2.51. The van der Waals surface area contributed by atoms with Crippen molar-refractivity contribution in [3.63, 3.8) is 0 Å². The van der Waals surface area contributed by atoms with Crippen LogP contribution in [-0.4, -0.2) is 55.2 Å². The maximum Gasteiger partial charge on any atom is 0.317 e. The van der Waals surface area contributed by atoms with E-state index in [2.05, 4.69) is 5.32 Å². The van der Waals surface area contributed by atoms with Gasteiger partial charge < -0.3 is 29.2 Å². The zero-order valence-electron chi connectivity index (χ0n) is 16.1. The van der Waals surface area contributed by atoms with Gasteiger partial charge in [-0.15, -0.1) is 0 Å². The van der Waals surface area contributed by atoms with Crippen molar-refractivity contribution >= 4 is 23.3 Å². The Morgan fingerprint density at radius 2 is 2.15 bits per heavy atom. The van der Waals surface area contributed by atoms with Gasteiger partial charge in [0, 0.05) is 19.2 Å². The Hall–Kier alpha value is -2.06. The van der Waals surface area contributed by atoms with Crippen LogP contribution in [0.4, 0.5) is 0 Å². The van der Waals surface area contributed by atoms with Gasteiger partial charge in [0.25, 0.3) is 0 Å². The normalized spacial score (nSPS) is 25.9. The first kappa shape index (κ1) is 19.7. The molecule has 2 aliphatic heterocycles. The highest BCUT2D eigenvalue weighted by molar-refractivity contribution is 7.80. The number of benzene rings is 1. The zero-order valence-corrected chi connectivity index (χ0v) is 16.9. The third-order valence-corrected chi connectivity index (χ3v) is 5.32. The number of hydrogen-bond donors (Lipinski definition) is 1. The van der Waals surface area contributed by atoms with Crippen LogP contribution in [0.15, 0.2) is 18.2 Å². The number of carbonyl (C=O) groups is 1. The van der Waals surface area contributed by atoms with Crippen LogP contribution in [0.1, 0.15) is 32.4 Å². The topological polar surface area (TPSA) is 69.3 Å². The fourth-order valence-electron chi connectivity index (χ4n) is 3.80. The molecule has 8 heteroatoms. The van der Waals surface area contributed by atoms with Crippen LogP contribution >= 0.6 is 12.2 Å². The molecule has 1 aromatic carbocycles. The van der Waals surface area contributed by atoms with Gasteiger partial charge in [0.1, 0.15) is 5.92 Å². The van der Waals surface area contributed by atoms with Crippen LogP contribution in [0.25, 0.3) is 0 Å². The molecule has 0 spiro atoms. The zero-order chi connectivity index (χ0) is 19.6. The molecule has 1 aromatic rings. The monoisotopic (exact) mass is 394 g/mol. The lowest BCUT2D eigenvalue weighted by atomic mass is 9.79. The lowest BCUT2D eigenvalue weighted by Gasteiger charge is -2.55. The van der Waals surface area contributed by atoms with Crippen LogP contribution < -0.4 is 14.8 Å². The van der Waals surface area contributed by atoms with Crippen LogP contribution in [0.3, 0.4) is 0 Å². The SMILES string of the molecule is CCOC(=O)[C@H]1[C@@H]2NC(=S)N(CCOC)[C@]1(C)Oc1c(OCC)cccc12. The molecule has 0 unspecified atom stereocenters. The molecule has 0 aliphatic carbocycles. The molecule has 27 heavy (non-hydrogen) atoms. The van der Waals surface area contributed by atoms with E-state index in [1.807, 2.05) is 36.9 Å². The third kappa shape index (κ3) is 3.32. The maximum absolute atomic E-state index is 12.9. The molecular formula is C19H26N2O5S. The van der Waals surface area contributed by atoms with Gasteiger partial charge in [0.05, 0.1) is 25.9 Å². The molecule has 148 valence electrons. The van der Waals surface area contributed by atoms with Gasteiger partial charge in [-0.2, -0.15) is 0 Å². The molecule has 3 rings (SSSR count). The number of ether oxygens (including phenoxy) is 4. The minimum absolute atomic E-state index is 0.298. The fraction of sp³-hybridized carbons (Fsp3) is 0.579. The second-order valence-corrected chi connectivity index (χ2v) is 6.95. The van der Waals surface area contributed by atoms with Crippen molar-refractivity contribution < 1.29 is 23.7 Å². The van der Waals surface area contributed by atoms with Crippen molar-refractivity contribution in [2.24, 2.45) is 5.92 Å². The second-order valence-electron chi connectivity index (χ2n) is 6.57. The largest absolute Gasteiger partial charge is 0.490 e. The van der Waals surface area contributed by atoms with E-state index in [1.165, 1.54) is 0 Å². The number of carbonyl (C=O) groups excluding carboxylic acids is 1. The molecule has 0 radical (unpaired) electrons. The molecule has 2 bridgehead atoms. The molecule has 0 saturated carbocycles. The number of hydrogen-bond acceptors (Lipinski definition) is 6. The summed E-state index contributed by atoms with van der Waals surface area (Å²) in [5.74, 6) is 0.361. The van der Waals surface area contributed by atoms with E-state index in [1.54, 1.807) is 14.0 Å². The Morgan fingerprint density at radius 3 is 2.81 bits per heavy atom. The first-order valence-electron chi connectivity index (χ1n) is 9.16. The highest BCUT2D eigenvalue weighted by Gasteiger charge is 2.59. The van der Waals surface area contributed by atoms with Gasteiger partial charge in [-0.25, -0.2) is 0 Å². The maximum atomic E-state index is 12.9. The van der Waals surface area contributed by atoms with Crippen molar-refractivity contribution in [3.8, 4) is 11.5 Å². The summed E-state index contributed by atoms with van der Waals surface area (Å²) in [5, 5.41) is 3.83. The van der Waals surface area contributed by atoms with E-state index in [-0.39, 0.29) is 12.0 Å². The lowest BCUT2D eigenvalue weighted by molar-refractivity contribution is -0.176. The van der Waals surface area contributed by atoms with Crippen LogP contribution in [0, 0.1) is 5.92 Å². The van der Waals surface area contributed by atoms with Crippen molar-refractivity contribution in [1.29, 1.82) is 0 Å². The molecule has 0 amide bonds. The number of methoxy groups -OCH3 is 1. The first-order valence-corrected chi connectivity index (χ1v) is 9.57. The van der Waals surface area contributed by atoms with E-state index in [0.717, 1.165) is 5.56 Å². The Bertz CT molecular complexity index is 728. The first-order chi connectivity index (χ1) is 13.0. The summed E-state index contributed by atoms with van der Waals surface area (Å²) in [7, 11) is 1.62. The summed E-state index contributed by atoms with van der Waals surface area (Å²) in [6.07, 6.45) is 0. The van der Waals surface area contributed by atoms with Gasteiger partial charge in [0.15, 0.2) is 22.3 Å². The molecule has 2 heterocycles. The molecule has 1 saturated heterocycles. The molecular weight excluding hydrogens is 368 g/mol. The number of fused-ring (bicyclic) bond motifs is 4. The molecule has 1 fully saturated rings. The Morgan fingerprint density at radius 1 is 1.37 bits per heavy atom. The Kier molecular flexibility index (Phi) is 5.76. The Balaban J connectivity index is 2.12. The Labute approximate surface area is 164 Å². The molecule has 2 aliphatic rings. The average molecular weight is 394 g/mol. The number of nitrogens with one attached hydrogen (secondary N) is 1. The van der Waals surface area contributed by atoms with Crippen molar-refractivity contribution in [2.45, 2.75) is 32.5 Å². The molecule has 3 atom stereocenters. The predicted octanol–water partition coefficient (Wildman–Crippen LogP) is 2.25. The van der Waals surface area contributed by atoms with Crippen LogP contribution in [0.2, 0.25) is 0 Å². The average Bonchev–Trinajstić information content (AvgIpc) is 2.62. The summed E-state index contributed by atoms with van der Waals surface area (Å²) in [4.78, 5) is 14.7. The summed E-state index contributed by atoms with van der Waals surface area (Å²) < 4.78 is 22.8. The standard InChI is InChI=1S/C19H26N2O5S/c1-5-24-13-9-7-8-12-15-14(17(22)25-6-2)19(3,26-16(12)13)21(10-11-23-4)18(27)20-15/h7-9,14-15H,5-6,10-11H2,1-4H3,(H,20,27)/t14-,15-,19-/m1/s1. The van der Waals surface area contributed by atoms with Crippen molar-refractivity contribution in [1.82, 2.24) is 10.2 Å². The van der Waals surface area contributed by atoms with E-state index in [9.17, 15) is 4.79 Å². The number of para-hydroxylation sites is 1. The summed E-state index contributed by atoms with van der Waals surface area (Å²) in [6, 6.07) is 5.32. The van der Waals surface area contributed by atoms with Crippen LogP contribution in [-0.2, 0) is 14.3 Å². The summed E-state index contributed by atoms with van der Waals surface area (Å²) in [6.45, 7) is 7.32. The summed E-state index contributed by atoms with van der Waals surface area (Å²) >= 11 is 5.58. The van der Waals surface area contributed by atoms with Gasteiger partial charge >= 0.3 is 5.97 Å². The quantitative estimate of drug-likeness (QED) is 0.558. The van der Waals surface area contributed by atoms with Gasteiger partial charge in [0.2, 0.25) is 0 Å². The van der Waals surface area contributed by atoms with E-state index in [4.69, 9.17) is 31.2 Å². The molecule has 0 aromatic heterocycles. The minimum Gasteiger partial charge on any atom is -0.490 e. The summed E-state index contributed by atoms with van der Waals surface area (Å²) in [5.41, 5.74) is -0.178. The van der Waals surface area contributed by atoms with Crippen LogP contribution in [0.5, 0.6) is 11.5 Å². The fourth-order valence-corrected chi connectivity index (χ4v) is 4.20. The van der Waals surface area contributed by atoms with E-state index >= 15 is 0 Å². The molecule has 7 nitrogen and oxygen atoms in total. The lowest BCUT2D eigenvalue weighted by Crippen LogP contribution is -2.71. The number of nitrogens with zero attached hydrogens (tertiary/aromatic N) is 1. The smallest absolute Gasteiger partial charge is 0.317 e. The van der Waals surface area contributed by atoms with E-state index in [0.29, 0.717) is 43.0 Å². The number of esters is 1. The molecule has 1 N–H and O–H groups in total. The van der Waals surface area contributed by atoms with Gasteiger partial charge in [-0.05, 0) is 39.1 Å². The highest BCUT2D eigenvalue weighted by atomic mass is 32.1. The predicted molar refractivity (Wildman–Crippen MR) is 104 cm³/mol. The van der Waals surface area contributed by atoms with Gasteiger partial charge in [-0.3, -0.25) is 4.79 Å². The third-order valence-electron chi connectivity index (χ3n) is 4.98. The van der Waals surface area contributed by atoms with E-state index < -0.39 is 11.6 Å². The number of thiocarbonyl (C=S) groups is 1. The second kappa shape index (κ2) is 7.90. The van der Waals surface area contributed by atoms with Gasteiger partial charge in [-0.1, -0.05) is 12.1 Å². The minimum atomic E-state index is -1.02. The number of rotatable bonds is 7.